The first-order valence-corrected chi connectivity index (χ1v) is 10.7. The summed E-state index contributed by atoms with van der Waals surface area (Å²) in [4.78, 5) is 14.4. The SMILES string of the molecule is CCCN(C(=O)c1ccc(COc2ccc(F)cc2)o1)C1CCS(=O)(=O)C1. The highest BCUT2D eigenvalue weighted by Crippen LogP contribution is 2.22. The maximum atomic E-state index is 12.9. The molecule has 1 aromatic carbocycles. The fraction of sp³-hybridized carbons (Fsp3) is 0.421. The molecule has 1 aromatic heterocycles. The summed E-state index contributed by atoms with van der Waals surface area (Å²) in [6.45, 7) is 2.51. The summed E-state index contributed by atoms with van der Waals surface area (Å²) >= 11 is 0. The Morgan fingerprint density at radius 3 is 2.63 bits per heavy atom. The Labute approximate surface area is 157 Å². The zero-order chi connectivity index (χ0) is 19.4. The number of nitrogens with zero attached hydrogens (tertiary/aromatic N) is 1. The van der Waals surface area contributed by atoms with Gasteiger partial charge in [0, 0.05) is 12.6 Å². The second-order valence-corrected chi connectivity index (χ2v) is 8.79. The number of carbonyl (C=O) groups excluding carboxylic acids is 1. The van der Waals surface area contributed by atoms with Gasteiger partial charge < -0.3 is 14.1 Å². The van der Waals surface area contributed by atoms with Gasteiger partial charge in [-0.2, -0.15) is 0 Å². The fourth-order valence-electron chi connectivity index (χ4n) is 3.11. The van der Waals surface area contributed by atoms with Gasteiger partial charge in [0.2, 0.25) is 0 Å². The Balaban J connectivity index is 1.66. The third kappa shape index (κ3) is 4.88. The Hall–Kier alpha value is -2.35. The van der Waals surface area contributed by atoms with Crippen LogP contribution in [0, 0.1) is 5.82 Å². The van der Waals surface area contributed by atoms with Crippen molar-refractivity contribution in [3.63, 3.8) is 0 Å². The molecule has 0 N–H and O–H groups in total. The van der Waals surface area contributed by atoms with Crippen LogP contribution in [0.1, 0.15) is 36.1 Å². The number of ether oxygens (including phenoxy) is 1. The van der Waals surface area contributed by atoms with Gasteiger partial charge in [-0.25, -0.2) is 12.8 Å². The van der Waals surface area contributed by atoms with E-state index in [4.69, 9.17) is 9.15 Å². The molecule has 2 heterocycles. The number of amides is 1. The molecular weight excluding hydrogens is 373 g/mol. The lowest BCUT2D eigenvalue weighted by molar-refractivity contribution is 0.0660. The van der Waals surface area contributed by atoms with Crippen molar-refractivity contribution in [1.82, 2.24) is 4.90 Å². The van der Waals surface area contributed by atoms with Crippen LogP contribution in [0.25, 0.3) is 0 Å². The maximum Gasteiger partial charge on any atom is 0.289 e. The molecular formula is C19H22FNO5S. The predicted octanol–water partition coefficient (Wildman–Crippen LogP) is 3.04. The Morgan fingerprint density at radius 2 is 2.00 bits per heavy atom. The van der Waals surface area contributed by atoms with Crippen LogP contribution in [0.5, 0.6) is 5.75 Å². The second kappa shape index (κ2) is 8.12. The maximum absolute atomic E-state index is 12.9. The zero-order valence-corrected chi connectivity index (χ0v) is 15.9. The van der Waals surface area contributed by atoms with Crippen molar-refractivity contribution in [2.75, 3.05) is 18.1 Å². The molecule has 1 atom stereocenters. The van der Waals surface area contributed by atoms with Crippen molar-refractivity contribution in [2.24, 2.45) is 0 Å². The van der Waals surface area contributed by atoms with Crippen LogP contribution in [0.15, 0.2) is 40.8 Å². The van der Waals surface area contributed by atoms with Crippen LogP contribution in [-0.4, -0.2) is 43.3 Å². The summed E-state index contributed by atoms with van der Waals surface area (Å²) in [6.07, 6.45) is 1.18. The van der Waals surface area contributed by atoms with Crippen LogP contribution < -0.4 is 4.74 Å². The van der Waals surface area contributed by atoms with E-state index in [-0.39, 0.29) is 41.6 Å². The lowest BCUT2D eigenvalue weighted by Crippen LogP contribution is -2.41. The molecule has 1 unspecified atom stereocenters. The lowest BCUT2D eigenvalue weighted by atomic mass is 10.2. The van der Waals surface area contributed by atoms with Crippen molar-refractivity contribution in [3.05, 3.63) is 53.7 Å². The molecule has 0 spiro atoms. The zero-order valence-electron chi connectivity index (χ0n) is 15.1. The molecule has 2 aromatic rings. The average Bonchev–Trinajstić information content (AvgIpc) is 3.25. The van der Waals surface area contributed by atoms with Gasteiger partial charge in [-0.1, -0.05) is 6.92 Å². The first-order chi connectivity index (χ1) is 12.9. The highest BCUT2D eigenvalue weighted by Gasteiger charge is 2.35. The van der Waals surface area contributed by atoms with Gasteiger partial charge in [-0.05, 0) is 49.2 Å². The van der Waals surface area contributed by atoms with E-state index in [1.807, 2.05) is 6.92 Å². The van der Waals surface area contributed by atoms with E-state index in [2.05, 4.69) is 0 Å². The number of carbonyl (C=O) groups is 1. The van der Waals surface area contributed by atoms with E-state index in [9.17, 15) is 17.6 Å². The van der Waals surface area contributed by atoms with E-state index in [0.29, 0.717) is 24.5 Å². The van der Waals surface area contributed by atoms with Gasteiger partial charge in [0.25, 0.3) is 5.91 Å². The molecule has 27 heavy (non-hydrogen) atoms. The lowest BCUT2D eigenvalue weighted by Gasteiger charge is -2.26. The van der Waals surface area contributed by atoms with Gasteiger partial charge in [-0.15, -0.1) is 0 Å². The molecule has 1 aliphatic heterocycles. The number of benzene rings is 1. The summed E-state index contributed by atoms with van der Waals surface area (Å²) in [6, 6.07) is 8.51. The van der Waals surface area contributed by atoms with E-state index >= 15 is 0 Å². The number of halogens is 1. The number of sulfone groups is 1. The average molecular weight is 395 g/mol. The molecule has 3 rings (SSSR count). The van der Waals surface area contributed by atoms with Crippen molar-refractivity contribution >= 4 is 15.7 Å². The van der Waals surface area contributed by atoms with Crippen LogP contribution in [0.4, 0.5) is 4.39 Å². The van der Waals surface area contributed by atoms with E-state index in [0.717, 1.165) is 6.42 Å². The molecule has 0 bridgehead atoms. The molecule has 146 valence electrons. The summed E-state index contributed by atoms with van der Waals surface area (Å²) in [5.74, 6) is 0.554. The van der Waals surface area contributed by atoms with Gasteiger partial charge in [0.1, 0.15) is 23.9 Å². The molecule has 1 fully saturated rings. The molecule has 0 radical (unpaired) electrons. The van der Waals surface area contributed by atoms with Crippen molar-refractivity contribution in [2.45, 2.75) is 32.4 Å². The summed E-state index contributed by atoms with van der Waals surface area (Å²) in [7, 11) is -3.08. The molecule has 0 saturated carbocycles. The quantitative estimate of drug-likeness (QED) is 0.720. The van der Waals surface area contributed by atoms with Crippen molar-refractivity contribution < 1.29 is 26.8 Å². The number of hydrogen-bond donors (Lipinski definition) is 0. The number of furan rings is 1. The molecule has 6 nitrogen and oxygen atoms in total. The minimum absolute atomic E-state index is 0.0000163. The van der Waals surface area contributed by atoms with Crippen LogP contribution in [0.2, 0.25) is 0 Å². The highest BCUT2D eigenvalue weighted by atomic mass is 32.2. The monoisotopic (exact) mass is 395 g/mol. The normalized spacial score (nSPS) is 18.4. The second-order valence-electron chi connectivity index (χ2n) is 6.56. The molecule has 0 aliphatic carbocycles. The summed E-state index contributed by atoms with van der Waals surface area (Å²) < 4.78 is 47.5. The van der Waals surface area contributed by atoms with Gasteiger partial charge in [0.05, 0.1) is 11.5 Å². The third-order valence-corrected chi connectivity index (χ3v) is 6.19. The van der Waals surface area contributed by atoms with Crippen molar-refractivity contribution in [3.8, 4) is 5.75 Å². The predicted molar refractivity (Wildman–Crippen MR) is 97.8 cm³/mol. The van der Waals surface area contributed by atoms with Crippen molar-refractivity contribution in [1.29, 1.82) is 0 Å². The molecule has 1 amide bonds. The molecule has 1 saturated heterocycles. The van der Waals surface area contributed by atoms with E-state index in [1.165, 1.54) is 24.3 Å². The van der Waals surface area contributed by atoms with Crippen LogP contribution in [-0.2, 0) is 16.4 Å². The van der Waals surface area contributed by atoms with Gasteiger partial charge >= 0.3 is 0 Å². The van der Waals surface area contributed by atoms with Gasteiger partial charge in [-0.3, -0.25) is 4.79 Å². The molecule has 1 aliphatic rings. The Bertz CT molecular complexity index is 891. The van der Waals surface area contributed by atoms with E-state index in [1.54, 1.807) is 17.0 Å². The molecule has 8 heteroatoms. The largest absolute Gasteiger partial charge is 0.486 e. The third-order valence-electron chi connectivity index (χ3n) is 4.44. The van der Waals surface area contributed by atoms with Gasteiger partial charge in [0.15, 0.2) is 15.6 Å². The summed E-state index contributed by atoms with van der Waals surface area (Å²) in [5.41, 5.74) is 0. The first kappa shape index (κ1) is 19.4. The smallest absolute Gasteiger partial charge is 0.289 e. The summed E-state index contributed by atoms with van der Waals surface area (Å²) in [5, 5.41) is 0. The van der Waals surface area contributed by atoms with Crippen LogP contribution >= 0.6 is 0 Å². The first-order valence-electron chi connectivity index (χ1n) is 8.86. The Morgan fingerprint density at radius 1 is 1.26 bits per heavy atom. The Kier molecular flexibility index (Phi) is 5.84. The number of hydrogen-bond acceptors (Lipinski definition) is 5. The minimum Gasteiger partial charge on any atom is -0.486 e. The van der Waals surface area contributed by atoms with E-state index < -0.39 is 9.84 Å². The standard InChI is InChI=1S/C19H22FNO5S/c1-2-10-21(15-9-11-27(23,24)13-15)19(22)18-8-7-17(26-18)12-25-16-5-3-14(20)4-6-16/h3-8,15H,2,9-13H2,1H3. The topological polar surface area (TPSA) is 76.8 Å². The highest BCUT2D eigenvalue weighted by molar-refractivity contribution is 7.91. The number of rotatable bonds is 7. The van der Waals surface area contributed by atoms with Crippen LogP contribution in [0.3, 0.4) is 0 Å². The minimum atomic E-state index is -3.08. The fourth-order valence-corrected chi connectivity index (χ4v) is 4.84.